The zero-order valence-electron chi connectivity index (χ0n) is 12.5. The maximum Gasteiger partial charge on any atom is 0.278 e. The van der Waals surface area contributed by atoms with Crippen molar-refractivity contribution in [3.05, 3.63) is 59.3 Å². The fourth-order valence-corrected chi connectivity index (χ4v) is 3.63. The van der Waals surface area contributed by atoms with Crippen LogP contribution < -0.4 is 10.6 Å². The van der Waals surface area contributed by atoms with Gasteiger partial charge >= 0.3 is 0 Å². The number of para-hydroxylation sites is 1. The topological polar surface area (TPSA) is 89.4 Å². The van der Waals surface area contributed by atoms with Gasteiger partial charge in [-0.25, -0.2) is 4.98 Å². The molecule has 2 N–H and O–H groups in total. The average Bonchev–Trinajstić information content (AvgIpc) is 3.31. The van der Waals surface area contributed by atoms with Gasteiger partial charge in [0.2, 0.25) is 5.91 Å². The summed E-state index contributed by atoms with van der Waals surface area (Å²) in [5.74, 6) is -0.258. The third kappa shape index (κ3) is 2.30. The standard InChI is InChI=1S/C17H13N3O3S/c18-15(21)13-8-10-4-1-2-5-12(10)20(13)17(22)11-9-24-16(19-11)14-6-3-7-23-14/h1-7,9,13H,8H2,(H2,18,21)/t13-/m0/s1. The van der Waals surface area contributed by atoms with E-state index in [0.717, 1.165) is 5.56 Å². The lowest BCUT2D eigenvalue weighted by molar-refractivity contribution is -0.119. The summed E-state index contributed by atoms with van der Waals surface area (Å²) in [7, 11) is 0. The summed E-state index contributed by atoms with van der Waals surface area (Å²) in [6.07, 6.45) is 1.98. The zero-order valence-corrected chi connectivity index (χ0v) is 13.3. The first kappa shape index (κ1) is 14.6. The van der Waals surface area contributed by atoms with Crippen molar-refractivity contribution in [2.45, 2.75) is 12.5 Å². The summed E-state index contributed by atoms with van der Waals surface area (Å²) in [6, 6.07) is 10.3. The monoisotopic (exact) mass is 339 g/mol. The molecule has 120 valence electrons. The van der Waals surface area contributed by atoms with Crippen LogP contribution in [0.3, 0.4) is 0 Å². The van der Waals surface area contributed by atoms with Crippen LogP contribution in [0.1, 0.15) is 16.1 Å². The van der Waals surface area contributed by atoms with Gasteiger partial charge in [-0.2, -0.15) is 0 Å². The first-order valence-electron chi connectivity index (χ1n) is 7.35. The van der Waals surface area contributed by atoms with Gasteiger partial charge in [-0.05, 0) is 23.8 Å². The van der Waals surface area contributed by atoms with Crippen molar-refractivity contribution in [2.24, 2.45) is 5.73 Å². The Labute approximate surface area is 141 Å². The molecule has 0 spiro atoms. The molecule has 4 rings (SSSR count). The second-order valence-electron chi connectivity index (χ2n) is 5.44. The summed E-state index contributed by atoms with van der Waals surface area (Å²) >= 11 is 1.32. The molecule has 6 nitrogen and oxygen atoms in total. The maximum atomic E-state index is 12.9. The Kier molecular flexibility index (Phi) is 3.42. The van der Waals surface area contributed by atoms with Crippen molar-refractivity contribution in [3.8, 4) is 10.8 Å². The van der Waals surface area contributed by atoms with Gasteiger partial charge in [0.15, 0.2) is 10.8 Å². The van der Waals surface area contributed by atoms with E-state index in [0.29, 0.717) is 22.9 Å². The molecule has 7 heteroatoms. The molecule has 1 aliphatic heterocycles. The SMILES string of the molecule is NC(=O)[C@@H]1Cc2ccccc2N1C(=O)c1csc(-c2ccco2)n1. The Balaban J connectivity index is 1.71. The van der Waals surface area contributed by atoms with Crippen molar-refractivity contribution in [3.63, 3.8) is 0 Å². The Morgan fingerprint density at radius 2 is 2.08 bits per heavy atom. The Hall–Kier alpha value is -2.93. The molecule has 0 bridgehead atoms. The summed E-state index contributed by atoms with van der Waals surface area (Å²) < 4.78 is 5.30. The quantitative estimate of drug-likeness (QED) is 0.794. The van der Waals surface area contributed by atoms with Crippen LogP contribution >= 0.6 is 11.3 Å². The van der Waals surface area contributed by atoms with E-state index >= 15 is 0 Å². The normalized spacial score (nSPS) is 16.2. The Morgan fingerprint density at radius 1 is 1.25 bits per heavy atom. The second kappa shape index (κ2) is 5.61. The van der Waals surface area contributed by atoms with Crippen molar-refractivity contribution < 1.29 is 14.0 Å². The molecule has 0 aliphatic carbocycles. The number of fused-ring (bicyclic) bond motifs is 1. The van der Waals surface area contributed by atoms with Crippen LogP contribution in [0, 0.1) is 0 Å². The number of furan rings is 1. The summed E-state index contributed by atoms with van der Waals surface area (Å²) in [6.45, 7) is 0. The number of nitrogens with two attached hydrogens (primary N) is 1. The third-order valence-corrected chi connectivity index (χ3v) is 4.84. The number of amides is 2. The number of aromatic nitrogens is 1. The lowest BCUT2D eigenvalue weighted by Crippen LogP contribution is -2.46. The number of anilines is 1. The Bertz CT molecular complexity index is 917. The molecule has 0 radical (unpaired) electrons. The zero-order chi connectivity index (χ0) is 16.7. The summed E-state index contributed by atoms with van der Waals surface area (Å²) in [5.41, 5.74) is 7.41. The fraction of sp³-hybridized carbons (Fsp3) is 0.118. The number of carbonyl (C=O) groups is 2. The van der Waals surface area contributed by atoms with E-state index in [9.17, 15) is 9.59 Å². The van der Waals surface area contributed by atoms with Crippen LogP contribution in [0.5, 0.6) is 0 Å². The highest BCUT2D eigenvalue weighted by molar-refractivity contribution is 7.13. The smallest absolute Gasteiger partial charge is 0.278 e. The molecule has 0 saturated heterocycles. The molecule has 1 aliphatic rings. The predicted octanol–water partition coefficient (Wildman–Crippen LogP) is 2.46. The highest BCUT2D eigenvalue weighted by Gasteiger charge is 2.38. The van der Waals surface area contributed by atoms with E-state index in [1.807, 2.05) is 24.3 Å². The van der Waals surface area contributed by atoms with E-state index in [4.69, 9.17) is 10.2 Å². The van der Waals surface area contributed by atoms with Crippen LogP contribution in [0.2, 0.25) is 0 Å². The van der Waals surface area contributed by atoms with Gasteiger partial charge in [0.05, 0.1) is 6.26 Å². The van der Waals surface area contributed by atoms with Gasteiger partial charge in [-0.3, -0.25) is 14.5 Å². The van der Waals surface area contributed by atoms with Gasteiger partial charge in [0, 0.05) is 17.5 Å². The molecular formula is C17H13N3O3S. The van der Waals surface area contributed by atoms with E-state index in [-0.39, 0.29) is 11.6 Å². The summed E-state index contributed by atoms with van der Waals surface area (Å²) in [5, 5.41) is 2.28. The first-order valence-corrected chi connectivity index (χ1v) is 8.23. The summed E-state index contributed by atoms with van der Waals surface area (Å²) in [4.78, 5) is 30.5. The van der Waals surface area contributed by atoms with Crippen LogP contribution in [0.4, 0.5) is 5.69 Å². The van der Waals surface area contributed by atoms with Crippen molar-refractivity contribution in [1.82, 2.24) is 4.98 Å². The van der Waals surface area contributed by atoms with Crippen LogP contribution in [0.15, 0.2) is 52.5 Å². The van der Waals surface area contributed by atoms with Gasteiger partial charge < -0.3 is 10.2 Å². The number of nitrogens with zero attached hydrogens (tertiary/aromatic N) is 2. The number of thiazole rings is 1. The number of primary amides is 1. The van der Waals surface area contributed by atoms with E-state index in [2.05, 4.69) is 4.98 Å². The van der Waals surface area contributed by atoms with Gasteiger partial charge in [0.25, 0.3) is 5.91 Å². The third-order valence-electron chi connectivity index (χ3n) is 3.98. The first-order chi connectivity index (χ1) is 11.6. The molecule has 2 aromatic heterocycles. The molecule has 0 unspecified atom stereocenters. The molecule has 0 fully saturated rings. The van der Waals surface area contributed by atoms with Crippen LogP contribution in [0.25, 0.3) is 10.8 Å². The van der Waals surface area contributed by atoms with Crippen molar-refractivity contribution in [1.29, 1.82) is 0 Å². The molecule has 1 atom stereocenters. The molecule has 1 aromatic carbocycles. The number of benzene rings is 1. The minimum absolute atomic E-state index is 0.273. The lowest BCUT2D eigenvalue weighted by atomic mass is 10.1. The van der Waals surface area contributed by atoms with Gasteiger partial charge in [-0.15, -0.1) is 11.3 Å². The number of carbonyl (C=O) groups excluding carboxylic acids is 2. The number of hydrogen-bond donors (Lipinski definition) is 1. The molecule has 3 aromatic rings. The van der Waals surface area contributed by atoms with E-state index in [1.54, 1.807) is 23.8 Å². The average molecular weight is 339 g/mol. The van der Waals surface area contributed by atoms with Crippen molar-refractivity contribution in [2.75, 3.05) is 4.90 Å². The van der Waals surface area contributed by atoms with Crippen LogP contribution in [-0.4, -0.2) is 22.8 Å². The number of hydrogen-bond acceptors (Lipinski definition) is 5. The predicted molar refractivity (Wildman–Crippen MR) is 89.8 cm³/mol. The van der Waals surface area contributed by atoms with Crippen molar-refractivity contribution >= 4 is 28.8 Å². The van der Waals surface area contributed by atoms with E-state index in [1.165, 1.54) is 16.2 Å². The molecule has 3 heterocycles. The second-order valence-corrected chi connectivity index (χ2v) is 6.30. The van der Waals surface area contributed by atoms with Gasteiger partial charge in [0.1, 0.15) is 11.7 Å². The highest BCUT2D eigenvalue weighted by Crippen LogP contribution is 2.34. The van der Waals surface area contributed by atoms with Crippen LogP contribution in [-0.2, 0) is 11.2 Å². The molecule has 24 heavy (non-hydrogen) atoms. The molecule has 2 amide bonds. The molecule has 0 saturated carbocycles. The lowest BCUT2D eigenvalue weighted by Gasteiger charge is -2.22. The largest absolute Gasteiger partial charge is 0.462 e. The maximum absolute atomic E-state index is 12.9. The minimum Gasteiger partial charge on any atom is -0.462 e. The highest BCUT2D eigenvalue weighted by atomic mass is 32.1. The molecular weight excluding hydrogens is 326 g/mol. The number of rotatable bonds is 3. The fourth-order valence-electron chi connectivity index (χ4n) is 2.87. The Morgan fingerprint density at radius 3 is 2.83 bits per heavy atom. The minimum atomic E-state index is -0.691. The van der Waals surface area contributed by atoms with Gasteiger partial charge in [-0.1, -0.05) is 18.2 Å². The van der Waals surface area contributed by atoms with E-state index < -0.39 is 11.9 Å².